The van der Waals surface area contributed by atoms with E-state index in [1.54, 1.807) is 0 Å². The van der Waals surface area contributed by atoms with Crippen LogP contribution in [0.15, 0.2) is 10.5 Å². The molecule has 0 bridgehead atoms. The maximum Gasteiger partial charge on any atom is 0.424 e. The van der Waals surface area contributed by atoms with Crippen molar-refractivity contribution in [3.63, 3.8) is 0 Å². The third kappa shape index (κ3) is 2.87. The highest BCUT2D eigenvalue weighted by molar-refractivity contribution is 9.10. The molecule has 0 N–H and O–H groups in total. The molecule has 0 atom stereocenters. The SMILES string of the molecule is O=[N+]([O-])c1nc(C(F)F)c(Br)cc1C(F)(F)F. The Bertz CT molecular complexity index is 462. The van der Waals surface area contributed by atoms with Crippen molar-refractivity contribution in [2.45, 2.75) is 12.6 Å². The molecule has 1 aromatic rings. The quantitative estimate of drug-likeness (QED) is 0.474. The largest absolute Gasteiger partial charge is 0.424 e. The summed E-state index contributed by atoms with van der Waals surface area (Å²) in [5.74, 6) is -1.64. The third-order valence-corrected chi connectivity index (χ3v) is 2.30. The molecule has 17 heavy (non-hydrogen) atoms. The van der Waals surface area contributed by atoms with Gasteiger partial charge in [0.1, 0.15) is 0 Å². The van der Waals surface area contributed by atoms with E-state index in [0.717, 1.165) is 0 Å². The van der Waals surface area contributed by atoms with E-state index in [0.29, 0.717) is 0 Å². The Morgan fingerprint density at radius 3 is 2.29 bits per heavy atom. The van der Waals surface area contributed by atoms with Crippen LogP contribution in [0.1, 0.15) is 17.7 Å². The minimum Gasteiger partial charge on any atom is -0.358 e. The molecule has 4 nitrogen and oxygen atoms in total. The summed E-state index contributed by atoms with van der Waals surface area (Å²) >= 11 is 2.46. The average Bonchev–Trinajstić information content (AvgIpc) is 2.14. The Morgan fingerprint density at radius 1 is 1.41 bits per heavy atom. The van der Waals surface area contributed by atoms with Crippen molar-refractivity contribution in [3.8, 4) is 0 Å². The van der Waals surface area contributed by atoms with Gasteiger partial charge in [0.25, 0.3) is 0 Å². The second-order valence-corrected chi connectivity index (χ2v) is 3.64. The van der Waals surface area contributed by atoms with Gasteiger partial charge in [-0.2, -0.15) is 13.2 Å². The van der Waals surface area contributed by atoms with Crippen molar-refractivity contribution in [1.29, 1.82) is 0 Å². The first-order valence-corrected chi connectivity index (χ1v) is 4.64. The Hall–Kier alpha value is -1.32. The third-order valence-electron chi connectivity index (χ3n) is 1.67. The van der Waals surface area contributed by atoms with Crippen molar-refractivity contribution in [2.24, 2.45) is 0 Å². The molecule has 0 saturated carbocycles. The number of pyridine rings is 1. The second-order valence-electron chi connectivity index (χ2n) is 2.78. The highest BCUT2D eigenvalue weighted by Gasteiger charge is 2.41. The second kappa shape index (κ2) is 4.51. The normalized spacial score (nSPS) is 11.9. The van der Waals surface area contributed by atoms with Gasteiger partial charge < -0.3 is 10.1 Å². The van der Waals surface area contributed by atoms with Gasteiger partial charge in [0.15, 0.2) is 5.56 Å². The summed E-state index contributed by atoms with van der Waals surface area (Å²) in [5, 5.41) is 10.3. The Kier molecular flexibility index (Phi) is 3.65. The highest BCUT2D eigenvalue weighted by atomic mass is 79.9. The summed E-state index contributed by atoms with van der Waals surface area (Å²) in [6.45, 7) is 0. The van der Waals surface area contributed by atoms with Gasteiger partial charge in [0.2, 0.25) is 5.69 Å². The molecule has 0 aliphatic rings. The molecule has 0 spiro atoms. The summed E-state index contributed by atoms with van der Waals surface area (Å²) in [6.07, 6.45) is -8.26. The number of aromatic nitrogens is 1. The average molecular weight is 321 g/mol. The van der Waals surface area contributed by atoms with E-state index in [2.05, 4.69) is 20.9 Å². The number of nitrogens with zero attached hydrogens (tertiary/aromatic N) is 2. The van der Waals surface area contributed by atoms with Gasteiger partial charge in [-0.1, -0.05) is 0 Å². The first-order chi connectivity index (χ1) is 7.64. The number of halogens is 6. The molecule has 94 valence electrons. The highest BCUT2D eigenvalue weighted by Crippen LogP contribution is 2.39. The number of rotatable bonds is 2. The first kappa shape index (κ1) is 13.7. The predicted molar refractivity (Wildman–Crippen MR) is 48.6 cm³/mol. The zero-order chi connectivity index (χ0) is 13.4. The lowest BCUT2D eigenvalue weighted by Gasteiger charge is -2.08. The smallest absolute Gasteiger partial charge is 0.358 e. The lowest BCUT2D eigenvalue weighted by molar-refractivity contribution is -0.393. The van der Waals surface area contributed by atoms with Gasteiger partial charge in [-0.3, -0.25) is 0 Å². The van der Waals surface area contributed by atoms with Crippen LogP contribution in [-0.4, -0.2) is 9.91 Å². The van der Waals surface area contributed by atoms with Crippen LogP contribution in [-0.2, 0) is 6.18 Å². The monoisotopic (exact) mass is 320 g/mol. The molecule has 0 radical (unpaired) electrons. The lowest BCUT2D eigenvalue weighted by Crippen LogP contribution is -2.12. The molecule has 0 saturated heterocycles. The van der Waals surface area contributed by atoms with E-state index in [4.69, 9.17) is 0 Å². The summed E-state index contributed by atoms with van der Waals surface area (Å²) in [7, 11) is 0. The van der Waals surface area contributed by atoms with E-state index < -0.39 is 39.1 Å². The summed E-state index contributed by atoms with van der Waals surface area (Å²) in [5.41, 5.74) is -2.79. The maximum atomic E-state index is 12.4. The van der Waals surface area contributed by atoms with E-state index in [1.807, 2.05) is 0 Å². The minimum atomic E-state index is -5.04. The van der Waals surface area contributed by atoms with Crippen LogP contribution in [0.2, 0.25) is 0 Å². The van der Waals surface area contributed by atoms with Crippen molar-refractivity contribution in [1.82, 2.24) is 4.98 Å². The number of nitro groups is 1. The first-order valence-electron chi connectivity index (χ1n) is 3.84. The molecule has 1 aromatic heterocycles. The van der Waals surface area contributed by atoms with Crippen LogP contribution in [0.4, 0.5) is 27.8 Å². The van der Waals surface area contributed by atoms with Gasteiger partial charge in [-0.25, -0.2) is 8.78 Å². The maximum absolute atomic E-state index is 12.4. The fraction of sp³-hybridized carbons (Fsp3) is 0.286. The number of hydrogen-bond donors (Lipinski definition) is 0. The molecule has 0 aromatic carbocycles. The van der Waals surface area contributed by atoms with E-state index >= 15 is 0 Å². The van der Waals surface area contributed by atoms with Gasteiger partial charge in [-0.05, 0) is 31.9 Å². The number of alkyl halides is 5. The van der Waals surface area contributed by atoms with E-state index in [-0.39, 0.29) is 6.07 Å². The molecule has 0 amide bonds. The van der Waals surface area contributed by atoms with Crippen LogP contribution in [0.3, 0.4) is 0 Å². The summed E-state index contributed by atoms with van der Waals surface area (Å²) in [6, 6.07) is 0.215. The molecule has 1 heterocycles. The Labute approximate surface area is 98.7 Å². The van der Waals surface area contributed by atoms with Crippen molar-refractivity contribution in [2.75, 3.05) is 0 Å². The fourth-order valence-electron chi connectivity index (χ4n) is 0.994. The summed E-state index contributed by atoms with van der Waals surface area (Å²) < 4.78 is 61.1. The Balaban J connectivity index is 3.53. The van der Waals surface area contributed by atoms with Gasteiger partial charge in [-0.15, -0.1) is 0 Å². The van der Waals surface area contributed by atoms with Crippen molar-refractivity contribution >= 4 is 21.7 Å². The molecule has 0 aliphatic carbocycles. The van der Waals surface area contributed by atoms with Gasteiger partial charge in [0, 0.05) is 0 Å². The van der Waals surface area contributed by atoms with Gasteiger partial charge >= 0.3 is 18.4 Å². The van der Waals surface area contributed by atoms with Crippen LogP contribution in [0, 0.1) is 10.1 Å². The summed E-state index contributed by atoms with van der Waals surface area (Å²) in [4.78, 5) is 11.6. The topological polar surface area (TPSA) is 56.0 Å². The lowest BCUT2D eigenvalue weighted by atomic mass is 10.2. The molecule has 0 aliphatic heterocycles. The fourth-order valence-corrected chi connectivity index (χ4v) is 1.48. The van der Waals surface area contributed by atoms with Crippen LogP contribution in [0.25, 0.3) is 0 Å². The predicted octanol–water partition coefficient (Wildman–Crippen LogP) is 3.71. The van der Waals surface area contributed by atoms with Crippen LogP contribution in [0.5, 0.6) is 0 Å². The molecule has 0 fully saturated rings. The van der Waals surface area contributed by atoms with Crippen molar-refractivity contribution in [3.05, 3.63) is 31.9 Å². The minimum absolute atomic E-state index is 0.215. The molecular weight excluding hydrogens is 319 g/mol. The van der Waals surface area contributed by atoms with E-state index in [9.17, 15) is 32.1 Å². The molecule has 1 rings (SSSR count). The zero-order valence-corrected chi connectivity index (χ0v) is 9.22. The molecular formula is C7H2BrF5N2O2. The van der Waals surface area contributed by atoms with Crippen LogP contribution < -0.4 is 0 Å². The molecule has 10 heteroatoms. The standard InChI is InChI=1S/C7H2BrF5N2O2/c8-3-1-2(7(11,12)13)6(15(16)17)14-4(3)5(9)10/h1,5H. The zero-order valence-electron chi connectivity index (χ0n) is 7.63. The van der Waals surface area contributed by atoms with E-state index in [1.165, 1.54) is 0 Å². The van der Waals surface area contributed by atoms with Crippen LogP contribution >= 0.6 is 15.9 Å². The number of hydrogen-bond acceptors (Lipinski definition) is 3. The van der Waals surface area contributed by atoms with Crippen molar-refractivity contribution < 1.29 is 26.9 Å². The Morgan fingerprint density at radius 2 is 1.94 bits per heavy atom. The van der Waals surface area contributed by atoms with Gasteiger partial charge in [0.05, 0.1) is 4.47 Å². The molecule has 0 unspecified atom stereocenters.